The minimum Gasteiger partial charge on any atom is -0.0911 e. The topological polar surface area (TPSA) is 0 Å². The van der Waals surface area contributed by atoms with E-state index in [1.165, 1.54) is 49.1 Å². The third-order valence-electron chi connectivity index (χ3n) is 8.27. The molecule has 0 saturated heterocycles. The van der Waals surface area contributed by atoms with Crippen LogP contribution >= 0.6 is 7.92 Å². The smallest absolute Gasteiger partial charge is 0.00264 e. The van der Waals surface area contributed by atoms with Gasteiger partial charge in [0.25, 0.3) is 0 Å². The van der Waals surface area contributed by atoms with Gasteiger partial charge in [-0.2, -0.15) is 0 Å². The van der Waals surface area contributed by atoms with E-state index in [-0.39, 0.29) is 0 Å². The first-order chi connectivity index (χ1) is 23.2. The maximum atomic E-state index is 4.55. The molecule has 1 heteroatoms. The van der Waals surface area contributed by atoms with Crippen LogP contribution < -0.4 is 0 Å². The number of benzene rings is 5. The van der Waals surface area contributed by atoms with Gasteiger partial charge in [0.1, 0.15) is 0 Å². The molecule has 0 saturated carbocycles. The highest BCUT2D eigenvalue weighted by atomic mass is 31.1. The molecule has 47 heavy (non-hydrogen) atoms. The van der Waals surface area contributed by atoms with Gasteiger partial charge in [-0.25, -0.2) is 0 Å². The van der Waals surface area contributed by atoms with Gasteiger partial charge in [0.2, 0.25) is 0 Å². The van der Waals surface area contributed by atoms with Crippen molar-refractivity contribution in [2.75, 3.05) is 12.3 Å². The van der Waals surface area contributed by atoms with Crippen molar-refractivity contribution in [3.63, 3.8) is 0 Å². The SMILES string of the molecule is C=C(/C=C(\C=C/C)P(C/C=C\C=C/C)C/C=C\C=C/CC)c1ccc(-c2c3ccccc3c(-c3ccccc3)c3ccccc23)cc1. The zero-order chi connectivity index (χ0) is 32.8. The molecule has 234 valence electrons. The molecule has 0 aromatic heterocycles. The molecule has 5 aromatic carbocycles. The van der Waals surface area contributed by atoms with Crippen LogP contribution in [-0.2, 0) is 0 Å². The average molecular weight is 629 g/mol. The molecular formula is C46H45P. The maximum absolute atomic E-state index is 4.55. The fourth-order valence-electron chi connectivity index (χ4n) is 6.03. The Bertz CT molecular complexity index is 1920. The lowest BCUT2D eigenvalue weighted by Gasteiger charge is -2.18. The molecule has 0 N–H and O–H groups in total. The third-order valence-corrected chi connectivity index (χ3v) is 10.6. The van der Waals surface area contributed by atoms with Gasteiger partial charge in [-0.1, -0.05) is 185 Å². The van der Waals surface area contributed by atoms with E-state index in [1.54, 1.807) is 0 Å². The highest BCUT2D eigenvalue weighted by molar-refractivity contribution is 7.62. The molecule has 0 aliphatic heterocycles. The van der Waals surface area contributed by atoms with Crippen LogP contribution in [0.3, 0.4) is 0 Å². The van der Waals surface area contributed by atoms with Crippen molar-refractivity contribution < 1.29 is 0 Å². The summed E-state index contributed by atoms with van der Waals surface area (Å²) >= 11 is 0. The molecule has 5 rings (SSSR count). The lowest BCUT2D eigenvalue weighted by molar-refractivity contribution is 1.22. The molecule has 0 bridgehead atoms. The Labute approximate surface area is 283 Å². The normalized spacial score (nSPS) is 13.4. The van der Waals surface area contributed by atoms with Gasteiger partial charge in [0.05, 0.1) is 0 Å². The summed E-state index contributed by atoms with van der Waals surface area (Å²) in [7, 11) is -0.423. The van der Waals surface area contributed by atoms with E-state index < -0.39 is 7.92 Å². The molecule has 1 unspecified atom stereocenters. The van der Waals surface area contributed by atoms with Crippen LogP contribution in [0.25, 0.3) is 49.4 Å². The van der Waals surface area contributed by atoms with E-state index >= 15 is 0 Å². The Morgan fingerprint density at radius 1 is 0.574 bits per heavy atom. The molecule has 1 atom stereocenters. The summed E-state index contributed by atoms with van der Waals surface area (Å²) in [6, 6.07) is 37.4. The second kappa shape index (κ2) is 17.2. The molecule has 0 amide bonds. The fraction of sp³-hybridized carbons (Fsp3) is 0.130. The first kappa shape index (κ1) is 33.6. The van der Waals surface area contributed by atoms with E-state index in [4.69, 9.17) is 0 Å². The van der Waals surface area contributed by atoms with Gasteiger partial charge >= 0.3 is 0 Å². The third kappa shape index (κ3) is 8.34. The van der Waals surface area contributed by atoms with Gasteiger partial charge in [0.15, 0.2) is 0 Å². The number of fused-ring (bicyclic) bond motifs is 2. The van der Waals surface area contributed by atoms with Gasteiger partial charge in [-0.15, -0.1) is 0 Å². The highest BCUT2D eigenvalue weighted by Gasteiger charge is 2.16. The van der Waals surface area contributed by atoms with E-state index in [9.17, 15) is 0 Å². The van der Waals surface area contributed by atoms with Crippen molar-refractivity contribution in [1.82, 2.24) is 0 Å². The Morgan fingerprint density at radius 2 is 1.06 bits per heavy atom. The molecular weight excluding hydrogens is 583 g/mol. The second-order valence-electron chi connectivity index (χ2n) is 11.5. The van der Waals surface area contributed by atoms with Crippen LogP contribution in [0.1, 0.15) is 32.8 Å². The lowest BCUT2D eigenvalue weighted by atomic mass is 9.86. The molecule has 0 aliphatic carbocycles. The summed E-state index contributed by atoms with van der Waals surface area (Å²) in [6.07, 6.45) is 27.4. The Morgan fingerprint density at radius 3 is 1.57 bits per heavy atom. The summed E-state index contributed by atoms with van der Waals surface area (Å²) in [5.41, 5.74) is 7.21. The molecule has 0 fully saturated rings. The summed E-state index contributed by atoms with van der Waals surface area (Å²) < 4.78 is 0. The van der Waals surface area contributed by atoms with Crippen LogP contribution in [0.4, 0.5) is 0 Å². The summed E-state index contributed by atoms with van der Waals surface area (Å²) in [6.45, 7) is 10.9. The van der Waals surface area contributed by atoms with E-state index in [0.29, 0.717) is 0 Å². The number of allylic oxidation sites excluding steroid dienone is 13. The molecule has 0 radical (unpaired) electrons. The number of rotatable bonds is 13. The van der Waals surface area contributed by atoms with Gasteiger partial charge in [0, 0.05) is 0 Å². The zero-order valence-corrected chi connectivity index (χ0v) is 28.8. The van der Waals surface area contributed by atoms with Gasteiger partial charge in [-0.05, 0) is 98.9 Å². The van der Waals surface area contributed by atoms with E-state index in [0.717, 1.165) is 29.9 Å². The van der Waals surface area contributed by atoms with Gasteiger partial charge in [-0.3, -0.25) is 0 Å². The first-order valence-corrected chi connectivity index (χ1v) is 18.3. The van der Waals surface area contributed by atoms with Crippen molar-refractivity contribution in [1.29, 1.82) is 0 Å². The number of hydrogen-bond acceptors (Lipinski definition) is 0. The van der Waals surface area contributed by atoms with Crippen molar-refractivity contribution in [3.05, 3.63) is 187 Å². The quantitative estimate of drug-likeness (QED) is 0.0691. The summed E-state index contributed by atoms with van der Waals surface area (Å²) in [5, 5.41) is 6.45. The van der Waals surface area contributed by atoms with Crippen LogP contribution in [-0.4, -0.2) is 12.3 Å². The molecule has 0 aliphatic rings. The standard InChI is InChI=1S/C46H45P/c1-5-8-10-12-21-34-47(33-20-11-9-6-2)40(22-7-3)35-36(4)37-29-31-39(32-30-37)46-43-27-18-16-25-41(43)45(38-23-14-13-15-24-38)42-26-17-19-28-44(42)46/h6-32,35H,4-5,33-34H2,1-3H3/b9-6-,10-8-,20-11-,21-12-,22-7-,40-35+. The lowest BCUT2D eigenvalue weighted by Crippen LogP contribution is -1.92. The minimum absolute atomic E-state index is 0.423. The molecule has 0 nitrogen and oxygen atoms in total. The Hall–Kier alpha value is -4.77. The Balaban J connectivity index is 1.52. The van der Waals surface area contributed by atoms with Crippen molar-refractivity contribution in [3.8, 4) is 22.3 Å². The number of hydrogen-bond donors (Lipinski definition) is 0. The zero-order valence-electron chi connectivity index (χ0n) is 27.9. The first-order valence-electron chi connectivity index (χ1n) is 16.6. The van der Waals surface area contributed by atoms with E-state index in [2.05, 4.69) is 197 Å². The van der Waals surface area contributed by atoms with Crippen molar-refractivity contribution in [2.45, 2.75) is 27.2 Å². The predicted molar refractivity (Wildman–Crippen MR) is 213 cm³/mol. The van der Waals surface area contributed by atoms with Crippen LogP contribution in [0.2, 0.25) is 0 Å². The fourth-order valence-corrected chi connectivity index (χ4v) is 8.05. The predicted octanol–water partition coefficient (Wildman–Crippen LogP) is 13.9. The Kier molecular flexibility index (Phi) is 12.3. The largest absolute Gasteiger partial charge is 0.0911 e. The second-order valence-corrected chi connectivity index (χ2v) is 13.8. The summed E-state index contributed by atoms with van der Waals surface area (Å²) in [5.74, 6) is 0. The molecule has 5 aromatic rings. The van der Waals surface area contributed by atoms with Crippen molar-refractivity contribution >= 4 is 35.0 Å². The van der Waals surface area contributed by atoms with Crippen LogP contribution in [0.15, 0.2) is 182 Å². The van der Waals surface area contributed by atoms with Crippen LogP contribution in [0, 0.1) is 0 Å². The van der Waals surface area contributed by atoms with Crippen molar-refractivity contribution in [2.24, 2.45) is 0 Å². The van der Waals surface area contributed by atoms with Gasteiger partial charge < -0.3 is 0 Å². The minimum atomic E-state index is -0.423. The average Bonchev–Trinajstić information content (AvgIpc) is 3.11. The van der Waals surface area contributed by atoms with Crippen LogP contribution in [0.5, 0.6) is 0 Å². The van der Waals surface area contributed by atoms with E-state index in [1.807, 2.05) is 0 Å². The maximum Gasteiger partial charge on any atom is -0.00264 e. The monoisotopic (exact) mass is 628 g/mol. The highest BCUT2D eigenvalue weighted by Crippen LogP contribution is 2.47. The molecule has 0 spiro atoms. The summed E-state index contributed by atoms with van der Waals surface area (Å²) in [4.78, 5) is 0. The molecule has 0 heterocycles.